The lowest BCUT2D eigenvalue weighted by atomic mass is 9.95. The number of hydrogen-bond acceptors (Lipinski definition) is 8. The Morgan fingerprint density at radius 3 is 2.04 bits per heavy atom. The second-order valence-electron chi connectivity index (χ2n) is 10.8. The molecule has 0 spiro atoms. The number of primary amides is 1. The molecule has 3 unspecified atom stereocenters. The second kappa shape index (κ2) is 20.4. The zero-order chi connectivity index (χ0) is 34.8. The van der Waals surface area contributed by atoms with E-state index in [1.807, 2.05) is 37.4 Å². The van der Waals surface area contributed by atoms with E-state index in [9.17, 15) is 28.8 Å². The lowest BCUT2D eigenvalue weighted by molar-refractivity contribution is -0.126. The van der Waals surface area contributed by atoms with Crippen LogP contribution in [0, 0.1) is 5.92 Å². The van der Waals surface area contributed by atoms with Crippen LogP contribution in [-0.2, 0) is 28.8 Å². The summed E-state index contributed by atoms with van der Waals surface area (Å²) in [4.78, 5) is 81.4. The maximum atomic E-state index is 12.5. The normalized spacial score (nSPS) is 14.8. The van der Waals surface area contributed by atoms with E-state index in [1.165, 1.54) is 6.07 Å². The van der Waals surface area contributed by atoms with E-state index >= 15 is 0 Å². The van der Waals surface area contributed by atoms with Gasteiger partial charge >= 0.3 is 0 Å². The third-order valence-corrected chi connectivity index (χ3v) is 8.49. The number of benzene rings is 2. The number of amides is 7. The lowest BCUT2D eigenvalue weighted by Crippen LogP contribution is -2.40. The van der Waals surface area contributed by atoms with Crippen LogP contribution in [0.3, 0.4) is 0 Å². The molecular formula is C33H44N6O7S. The fourth-order valence-electron chi connectivity index (χ4n) is 5.07. The van der Waals surface area contributed by atoms with Gasteiger partial charge in [-0.2, -0.15) is 11.8 Å². The minimum atomic E-state index is -0.904. The number of imide groups is 1. The molecule has 2 aromatic carbocycles. The standard InChI is InChI=1S/C32H41N5O6S.CH3NO/c1-4-24(31(42)33-2)29(44-3)20-11-9-13-22(17-20)34-26(38)15-7-5-6-8-16-27(39)35-23-14-10-12-21(18-23)30(41)36-25-19-28(40)37-32(25)43;2-1-3/h9-14,17-18,24-25,29H,4-8,15-16,19H2,1-3H3,(H,33,42)(H,34,38)(H,35,39)(H,36,41)(H,37,40,43);1H,(H2,2,3). The minimum absolute atomic E-state index is 0.00466. The molecule has 2 aromatic rings. The van der Waals surface area contributed by atoms with Crippen LogP contribution in [-0.4, -0.2) is 61.2 Å². The van der Waals surface area contributed by atoms with Gasteiger partial charge in [0.15, 0.2) is 0 Å². The fraction of sp³-hybridized carbons (Fsp3) is 0.424. The van der Waals surface area contributed by atoms with Crippen molar-refractivity contribution in [1.82, 2.24) is 16.0 Å². The highest BCUT2D eigenvalue weighted by Crippen LogP contribution is 2.37. The van der Waals surface area contributed by atoms with Gasteiger partial charge in [-0.25, -0.2) is 0 Å². The zero-order valence-electron chi connectivity index (χ0n) is 26.9. The summed E-state index contributed by atoms with van der Waals surface area (Å²) in [5, 5.41) is 13.1. The van der Waals surface area contributed by atoms with Crippen LogP contribution in [0.25, 0.3) is 0 Å². The van der Waals surface area contributed by atoms with Crippen LogP contribution in [0.5, 0.6) is 0 Å². The summed E-state index contributed by atoms with van der Waals surface area (Å²) in [5.41, 5.74) is 6.58. The summed E-state index contributed by atoms with van der Waals surface area (Å²) >= 11 is 1.62. The molecule has 1 aliphatic rings. The van der Waals surface area contributed by atoms with Crippen molar-refractivity contribution in [3.63, 3.8) is 0 Å². The van der Waals surface area contributed by atoms with Crippen molar-refractivity contribution in [2.75, 3.05) is 23.9 Å². The van der Waals surface area contributed by atoms with Crippen LogP contribution in [0.4, 0.5) is 11.4 Å². The molecule has 3 atom stereocenters. The molecule has 0 aromatic heterocycles. The zero-order valence-corrected chi connectivity index (χ0v) is 27.7. The molecular weight excluding hydrogens is 624 g/mol. The molecule has 0 aliphatic carbocycles. The van der Waals surface area contributed by atoms with E-state index < -0.39 is 23.8 Å². The highest BCUT2D eigenvalue weighted by atomic mass is 32.2. The third-order valence-electron chi connectivity index (χ3n) is 7.38. The number of unbranched alkanes of at least 4 members (excludes halogenated alkanes) is 3. The smallest absolute Gasteiger partial charge is 0.252 e. The highest BCUT2D eigenvalue weighted by molar-refractivity contribution is 7.98. The molecule has 7 amide bonds. The van der Waals surface area contributed by atoms with Crippen LogP contribution in [0.15, 0.2) is 48.5 Å². The molecule has 13 nitrogen and oxygen atoms in total. The molecule has 47 heavy (non-hydrogen) atoms. The maximum absolute atomic E-state index is 12.5. The van der Waals surface area contributed by atoms with Crippen molar-refractivity contribution in [2.24, 2.45) is 11.7 Å². The van der Waals surface area contributed by atoms with Gasteiger partial charge in [-0.15, -0.1) is 0 Å². The fourth-order valence-corrected chi connectivity index (χ4v) is 6.13. The predicted octanol–water partition coefficient (Wildman–Crippen LogP) is 3.03. The Bertz CT molecular complexity index is 1420. The molecule has 7 N–H and O–H groups in total. The average molecular weight is 669 g/mol. The molecule has 1 saturated heterocycles. The first-order chi connectivity index (χ1) is 22.6. The SMILES string of the molecule is CCC(C(=O)NC)C(SC)c1cccc(NC(=O)CCCCCCC(=O)Nc2cccc(C(=O)NC3CC(=O)NC3=O)c2)c1.NC=O. The van der Waals surface area contributed by atoms with Crippen LogP contribution in [0.1, 0.15) is 79.5 Å². The first-order valence-electron chi connectivity index (χ1n) is 15.4. The largest absolute Gasteiger partial charge is 0.372 e. The minimum Gasteiger partial charge on any atom is -0.372 e. The Labute approximate surface area is 278 Å². The van der Waals surface area contributed by atoms with Crippen molar-refractivity contribution in [2.45, 2.75) is 69.6 Å². The van der Waals surface area contributed by atoms with Crippen molar-refractivity contribution in [1.29, 1.82) is 0 Å². The highest BCUT2D eigenvalue weighted by Gasteiger charge is 2.32. The summed E-state index contributed by atoms with van der Waals surface area (Å²) in [7, 11) is 1.64. The van der Waals surface area contributed by atoms with Crippen molar-refractivity contribution >= 4 is 65.0 Å². The molecule has 0 saturated carbocycles. The first kappa shape index (κ1) is 38.5. The van der Waals surface area contributed by atoms with Crippen LogP contribution < -0.4 is 32.3 Å². The van der Waals surface area contributed by atoms with E-state index in [2.05, 4.69) is 32.3 Å². The third kappa shape index (κ3) is 12.9. The average Bonchev–Trinajstić information content (AvgIpc) is 3.37. The number of rotatable bonds is 16. The van der Waals surface area contributed by atoms with Gasteiger partial charge in [-0.1, -0.05) is 38.0 Å². The summed E-state index contributed by atoms with van der Waals surface area (Å²) in [6.07, 6.45) is 6.44. The topological polar surface area (TPSA) is 206 Å². The van der Waals surface area contributed by atoms with E-state index in [1.54, 1.807) is 37.0 Å². The van der Waals surface area contributed by atoms with Crippen molar-refractivity contribution in [3.8, 4) is 0 Å². The van der Waals surface area contributed by atoms with Gasteiger partial charge in [-0.05, 0) is 61.4 Å². The van der Waals surface area contributed by atoms with E-state index in [0.29, 0.717) is 43.5 Å². The number of carbonyl (C=O) groups is 7. The molecule has 14 heteroatoms. The quantitative estimate of drug-likeness (QED) is 0.0889. The summed E-state index contributed by atoms with van der Waals surface area (Å²) in [5.74, 6) is -1.91. The van der Waals surface area contributed by atoms with Gasteiger partial charge < -0.3 is 27.0 Å². The van der Waals surface area contributed by atoms with Gasteiger partial charge in [0.25, 0.3) is 5.91 Å². The Kier molecular flexibility index (Phi) is 16.7. The Morgan fingerprint density at radius 2 is 1.53 bits per heavy atom. The summed E-state index contributed by atoms with van der Waals surface area (Å²) < 4.78 is 0. The Hall–Kier alpha value is -4.72. The molecule has 1 heterocycles. The number of nitrogens with one attached hydrogen (secondary N) is 5. The van der Waals surface area contributed by atoms with E-state index in [4.69, 9.17) is 4.79 Å². The number of hydrogen-bond donors (Lipinski definition) is 6. The van der Waals surface area contributed by atoms with Gasteiger partial charge in [-0.3, -0.25) is 38.9 Å². The van der Waals surface area contributed by atoms with Gasteiger partial charge in [0.2, 0.25) is 35.9 Å². The van der Waals surface area contributed by atoms with Gasteiger partial charge in [0.05, 0.1) is 12.3 Å². The van der Waals surface area contributed by atoms with Crippen LogP contribution in [0.2, 0.25) is 0 Å². The number of nitrogens with two attached hydrogens (primary N) is 1. The first-order valence-corrected chi connectivity index (χ1v) is 16.7. The van der Waals surface area contributed by atoms with E-state index in [0.717, 1.165) is 18.4 Å². The number of anilines is 2. The molecule has 254 valence electrons. The number of carbonyl (C=O) groups excluding carboxylic acids is 7. The van der Waals surface area contributed by atoms with E-state index in [-0.39, 0.29) is 47.3 Å². The summed E-state index contributed by atoms with van der Waals surface area (Å²) in [6, 6.07) is 13.1. The Balaban J connectivity index is 0.00000246. The lowest BCUT2D eigenvalue weighted by Gasteiger charge is -2.24. The van der Waals surface area contributed by atoms with Crippen molar-refractivity contribution in [3.05, 3.63) is 59.7 Å². The monoisotopic (exact) mass is 668 g/mol. The maximum Gasteiger partial charge on any atom is 0.252 e. The number of thioether (sulfide) groups is 1. The second-order valence-corrected chi connectivity index (χ2v) is 11.8. The van der Waals surface area contributed by atoms with Crippen LogP contribution >= 0.6 is 11.8 Å². The Morgan fingerprint density at radius 1 is 0.957 bits per heavy atom. The molecule has 1 fully saturated rings. The molecule has 1 aliphatic heterocycles. The van der Waals surface area contributed by atoms with Gasteiger partial charge in [0, 0.05) is 42.1 Å². The van der Waals surface area contributed by atoms with Crippen molar-refractivity contribution < 1.29 is 33.6 Å². The molecule has 3 rings (SSSR count). The summed E-state index contributed by atoms with van der Waals surface area (Å²) in [6.45, 7) is 2.00. The predicted molar refractivity (Wildman–Crippen MR) is 181 cm³/mol. The molecule has 0 radical (unpaired) electrons. The molecule has 0 bridgehead atoms. The van der Waals surface area contributed by atoms with Gasteiger partial charge in [0.1, 0.15) is 6.04 Å².